The van der Waals surface area contributed by atoms with Gasteiger partial charge in [0, 0.05) is 32.9 Å². The van der Waals surface area contributed by atoms with E-state index in [2.05, 4.69) is 4.90 Å². The van der Waals surface area contributed by atoms with Crippen LogP contribution in [0.25, 0.3) is 0 Å². The maximum Gasteiger partial charge on any atom is 0.242 e. The lowest BCUT2D eigenvalue weighted by Gasteiger charge is -2.27. The van der Waals surface area contributed by atoms with Gasteiger partial charge in [0.15, 0.2) is 0 Å². The molecule has 0 spiro atoms. The molecule has 0 aromatic heterocycles. The largest absolute Gasteiger partial charge is 0.397 e. The summed E-state index contributed by atoms with van der Waals surface area (Å²) in [7, 11) is 1.62. The van der Waals surface area contributed by atoms with E-state index in [0.717, 1.165) is 17.9 Å². The fraction of sp³-hybridized carbons (Fsp3) is 0.538. The zero-order valence-electron chi connectivity index (χ0n) is 12.0. The molecule has 0 amide bonds. The highest BCUT2D eigenvalue weighted by Crippen LogP contribution is 2.31. The van der Waals surface area contributed by atoms with Crippen LogP contribution in [0.15, 0.2) is 23.1 Å². The van der Waals surface area contributed by atoms with Crippen molar-refractivity contribution in [1.29, 1.82) is 0 Å². The maximum absolute atomic E-state index is 12.1. The molecule has 1 aliphatic heterocycles. The first-order valence-corrected chi connectivity index (χ1v) is 9.06. The Hall–Kier alpha value is -0.920. The van der Waals surface area contributed by atoms with Gasteiger partial charge in [0.25, 0.3) is 0 Å². The number of hydrogen-bond acceptors (Lipinski definition) is 5. The summed E-state index contributed by atoms with van der Waals surface area (Å²) in [6, 6.07) is 5.44. The Morgan fingerprint density at radius 1 is 1.30 bits per heavy atom. The lowest BCUT2D eigenvalue weighted by Crippen LogP contribution is -2.32. The average molecular weight is 315 g/mol. The number of rotatable bonds is 4. The molecule has 1 aromatic carbocycles. The minimum Gasteiger partial charge on any atom is -0.397 e. The van der Waals surface area contributed by atoms with Gasteiger partial charge in [-0.25, -0.2) is 12.7 Å². The molecular formula is C13H21N3O2S2. The second kappa shape index (κ2) is 5.83. The molecule has 2 N–H and O–H groups in total. The van der Waals surface area contributed by atoms with E-state index in [1.165, 1.54) is 24.2 Å². The first-order valence-electron chi connectivity index (χ1n) is 6.46. The number of anilines is 2. The Balaban J connectivity index is 2.30. The molecule has 2 rings (SSSR count). The van der Waals surface area contributed by atoms with Crippen molar-refractivity contribution in [2.45, 2.75) is 17.4 Å². The highest BCUT2D eigenvalue weighted by molar-refractivity contribution is 7.99. The number of nitrogens with two attached hydrogens (primary N) is 1. The summed E-state index contributed by atoms with van der Waals surface area (Å²) in [5, 5.41) is 0. The van der Waals surface area contributed by atoms with Gasteiger partial charge in [-0.2, -0.15) is 11.8 Å². The summed E-state index contributed by atoms with van der Waals surface area (Å²) in [6.45, 7) is 0. The lowest BCUT2D eigenvalue weighted by molar-refractivity contribution is 0.521. The van der Waals surface area contributed by atoms with Crippen LogP contribution in [0.2, 0.25) is 0 Å². The van der Waals surface area contributed by atoms with Gasteiger partial charge >= 0.3 is 0 Å². The second-order valence-electron chi connectivity index (χ2n) is 5.14. The van der Waals surface area contributed by atoms with Crippen LogP contribution in [0.1, 0.15) is 6.42 Å². The quantitative estimate of drug-likeness (QED) is 0.852. The summed E-state index contributed by atoms with van der Waals surface area (Å²) < 4.78 is 25.3. The Kier molecular flexibility index (Phi) is 4.51. The van der Waals surface area contributed by atoms with Crippen LogP contribution in [0.3, 0.4) is 0 Å². The van der Waals surface area contributed by atoms with Gasteiger partial charge in [-0.05, 0) is 30.4 Å². The standard InChI is InChI=1S/C13H21N3O2S2/c1-15(2)20(17,18)11-4-5-13(12(14)8-11)16(3)10-6-7-19-9-10/h4-5,8,10H,6-7,9,14H2,1-3H3. The molecule has 1 unspecified atom stereocenters. The Morgan fingerprint density at radius 3 is 2.50 bits per heavy atom. The third-order valence-corrected chi connectivity index (χ3v) is 6.57. The first-order chi connectivity index (χ1) is 9.34. The lowest BCUT2D eigenvalue weighted by atomic mass is 10.2. The van der Waals surface area contributed by atoms with Crippen molar-refractivity contribution < 1.29 is 8.42 Å². The predicted molar refractivity (Wildman–Crippen MR) is 85.9 cm³/mol. The van der Waals surface area contributed by atoms with Crippen molar-refractivity contribution in [3.8, 4) is 0 Å². The first kappa shape index (κ1) is 15.5. The summed E-state index contributed by atoms with van der Waals surface area (Å²) >= 11 is 1.94. The highest BCUT2D eigenvalue weighted by atomic mass is 32.2. The van der Waals surface area contributed by atoms with Crippen molar-refractivity contribution >= 4 is 33.2 Å². The van der Waals surface area contributed by atoms with Crippen LogP contribution >= 0.6 is 11.8 Å². The molecule has 1 heterocycles. The molecule has 112 valence electrons. The molecule has 1 fully saturated rings. The summed E-state index contributed by atoms with van der Waals surface area (Å²) in [4.78, 5) is 2.39. The van der Waals surface area contributed by atoms with E-state index in [0.29, 0.717) is 11.7 Å². The van der Waals surface area contributed by atoms with Gasteiger partial charge < -0.3 is 10.6 Å². The smallest absolute Gasteiger partial charge is 0.242 e. The molecule has 1 aromatic rings. The van der Waals surface area contributed by atoms with E-state index >= 15 is 0 Å². The van der Waals surface area contributed by atoms with Crippen LogP contribution in [0.5, 0.6) is 0 Å². The van der Waals surface area contributed by atoms with E-state index in [1.807, 2.05) is 18.8 Å². The zero-order chi connectivity index (χ0) is 14.9. The van der Waals surface area contributed by atoms with Crippen molar-refractivity contribution in [1.82, 2.24) is 4.31 Å². The molecule has 0 aliphatic carbocycles. The monoisotopic (exact) mass is 315 g/mol. The molecule has 5 nitrogen and oxygen atoms in total. The molecule has 1 aliphatic rings. The summed E-state index contributed by atoms with van der Waals surface area (Å²) in [5.41, 5.74) is 7.46. The van der Waals surface area contributed by atoms with Crippen molar-refractivity contribution in [2.75, 3.05) is 43.3 Å². The zero-order valence-corrected chi connectivity index (χ0v) is 13.7. The molecule has 7 heteroatoms. The summed E-state index contributed by atoms with van der Waals surface area (Å²) in [6.07, 6.45) is 1.14. The number of thioether (sulfide) groups is 1. The Morgan fingerprint density at radius 2 is 2.00 bits per heavy atom. The fourth-order valence-corrected chi connectivity index (χ4v) is 4.45. The van der Waals surface area contributed by atoms with Crippen molar-refractivity contribution in [3.05, 3.63) is 18.2 Å². The SMILES string of the molecule is CN(c1ccc(S(=O)(=O)N(C)C)cc1N)C1CCSC1. The minimum atomic E-state index is -3.43. The van der Waals surface area contributed by atoms with Gasteiger partial charge in [-0.15, -0.1) is 0 Å². The Bertz CT molecular complexity index is 581. The van der Waals surface area contributed by atoms with Gasteiger partial charge in [-0.3, -0.25) is 0 Å². The molecule has 0 saturated carbocycles. The van der Waals surface area contributed by atoms with Gasteiger partial charge in [0.05, 0.1) is 16.3 Å². The summed E-state index contributed by atoms with van der Waals surface area (Å²) in [5.74, 6) is 2.26. The molecule has 1 atom stereocenters. The number of hydrogen-bond donors (Lipinski definition) is 1. The van der Waals surface area contributed by atoms with Gasteiger partial charge in [-0.1, -0.05) is 0 Å². The van der Waals surface area contributed by atoms with Gasteiger partial charge in [0.2, 0.25) is 10.0 Å². The highest BCUT2D eigenvalue weighted by Gasteiger charge is 2.23. The minimum absolute atomic E-state index is 0.234. The maximum atomic E-state index is 12.1. The van der Waals surface area contributed by atoms with Gasteiger partial charge in [0.1, 0.15) is 0 Å². The van der Waals surface area contributed by atoms with Crippen LogP contribution in [0.4, 0.5) is 11.4 Å². The van der Waals surface area contributed by atoms with E-state index in [-0.39, 0.29) is 4.90 Å². The normalized spacial score (nSPS) is 19.5. The molecule has 0 bridgehead atoms. The molecule has 0 radical (unpaired) electrons. The second-order valence-corrected chi connectivity index (χ2v) is 8.44. The number of benzene rings is 1. The van der Waals surface area contributed by atoms with Crippen LogP contribution < -0.4 is 10.6 Å². The Labute approximate surface area is 125 Å². The van der Waals surface area contributed by atoms with Crippen molar-refractivity contribution in [2.24, 2.45) is 0 Å². The van der Waals surface area contributed by atoms with Crippen LogP contribution in [0, 0.1) is 0 Å². The third kappa shape index (κ3) is 2.89. The van der Waals surface area contributed by atoms with E-state index in [4.69, 9.17) is 5.73 Å². The van der Waals surface area contributed by atoms with Crippen LogP contribution in [-0.2, 0) is 10.0 Å². The van der Waals surface area contributed by atoms with Crippen LogP contribution in [-0.4, -0.2) is 51.4 Å². The molecular weight excluding hydrogens is 294 g/mol. The number of nitrogens with zero attached hydrogens (tertiary/aromatic N) is 2. The number of sulfonamides is 1. The van der Waals surface area contributed by atoms with E-state index < -0.39 is 10.0 Å². The number of nitrogen functional groups attached to an aromatic ring is 1. The van der Waals surface area contributed by atoms with E-state index in [1.54, 1.807) is 18.2 Å². The van der Waals surface area contributed by atoms with Crippen molar-refractivity contribution in [3.63, 3.8) is 0 Å². The average Bonchev–Trinajstić information content (AvgIpc) is 2.91. The topological polar surface area (TPSA) is 66.6 Å². The third-order valence-electron chi connectivity index (χ3n) is 3.61. The fourth-order valence-electron chi connectivity index (χ4n) is 2.25. The molecule has 1 saturated heterocycles. The van der Waals surface area contributed by atoms with E-state index in [9.17, 15) is 8.42 Å². The molecule has 20 heavy (non-hydrogen) atoms. The predicted octanol–water partition coefficient (Wildman–Crippen LogP) is 1.46.